The molecule has 1 aromatic heterocycles. The van der Waals surface area contributed by atoms with E-state index in [0.717, 1.165) is 39.3 Å². The van der Waals surface area contributed by atoms with E-state index in [1.54, 1.807) is 0 Å². The number of nitrogens with zero attached hydrogens (tertiary/aromatic N) is 3. The van der Waals surface area contributed by atoms with Crippen molar-refractivity contribution in [2.45, 2.75) is 32.9 Å². The minimum atomic E-state index is 0.468. The second kappa shape index (κ2) is 7.72. The van der Waals surface area contributed by atoms with E-state index in [4.69, 9.17) is 0 Å². The number of likely N-dealkylation sites (N-methyl/N-ethyl adjacent to an activating group) is 1. The van der Waals surface area contributed by atoms with Crippen LogP contribution < -0.4 is 5.32 Å². The van der Waals surface area contributed by atoms with E-state index in [1.165, 1.54) is 5.56 Å². The third kappa shape index (κ3) is 3.78. The van der Waals surface area contributed by atoms with Gasteiger partial charge in [0.2, 0.25) is 0 Å². The van der Waals surface area contributed by atoms with Crippen LogP contribution in [0.1, 0.15) is 32.4 Å². The summed E-state index contributed by atoms with van der Waals surface area (Å²) in [5, 5.41) is 3.48. The maximum Gasteiger partial charge on any atom is 0.0480 e. The van der Waals surface area contributed by atoms with Crippen LogP contribution in [0.5, 0.6) is 0 Å². The molecule has 1 aromatic rings. The standard InChI is InChI=1S/C16H28N4/c1-4-19(5-2)13-16(15-6-8-17-9-7-15)20-11-10-18-12-14(20)3/h6-9,14,16,18H,4-5,10-13H2,1-3H3. The molecule has 20 heavy (non-hydrogen) atoms. The molecule has 2 atom stereocenters. The van der Waals surface area contributed by atoms with Gasteiger partial charge in [-0.05, 0) is 37.7 Å². The summed E-state index contributed by atoms with van der Waals surface area (Å²) in [6, 6.07) is 5.39. The van der Waals surface area contributed by atoms with Crippen molar-refractivity contribution in [3.63, 3.8) is 0 Å². The van der Waals surface area contributed by atoms with Crippen molar-refractivity contribution in [2.75, 3.05) is 39.3 Å². The number of nitrogens with one attached hydrogen (secondary N) is 1. The molecule has 4 heteroatoms. The predicted octanol–water partition coefficient (Wildman–Crippen LogP) is 1.76. The van der Waals surface area contributed by atoms with Gasteiger partial charge in [-0.3, -0.25) is 9.88 Å². The van der Waals surface area contributed by atoms with Crippen molar-refractivity contribution in [1.82, 2.24) is 20.1 Å². The molecule has 0 radical (unpaired) electrons. The monoisotopic (exact) mass is 276 g/mol. The van der Waals surface area contributed by atoms with Gasteiger partial charge < -0.3 is 10.2 Å². The Morgan fingerprint density at radius 1 is 1.35 bits per heavy atom. The molecule has 2 rings (SSSR count). The molecule has 0 spiro atoms. The van der Waals surface area contributed by atoms with Gasteiger partial charge in [-0.25, -0.2) is 0 Å². The lowest BCUT2D eigenvalue weighted by Gasteiger charge is -2.42. The van der Waals surface area contributed by atoms with Crippen LogP contribution in [-0.2, 0) is 0 Å². The van der Waals surface area contributed by atoms with Crippen LogP contribution in [-0.4, -0.2) is 60.1 Å². The third-order valence-electron chi connectivity index (χ3n) is 4.37. The number of piperazine rings is 1. The molecular formula is C16H28N4. The molecule has 1 aliphatic heterocycles. The zero-order valence-corrected chi connectivity index (χ0v) is 13.0. The van der Waals surface area contributed by atoms with Gasteiger partial charge in [-0.2, -0.15) is 0 Å². The Kier molecular flexibility index (Phi) is 5.95. The van der Waals surface area contributed by atoms with Crippen LogP contribution in [0, 0.1) is 0 Å². The largest absolute Gasteiger partial charge is 0.314 e. The topological polar surface area (TPSA) is 31.4 Å². The van der Waals surface area contributed by atoms with E-state index in [2.05, 4.69) is 53.0 Å². The van der Waals surface area contributed by atoms with Gasteiger partial charge in [0.05, 0.1) is 0 Å². The first-order valence-corrected chi connectivity index (χ1v) is 7.85. The average Bonchev–Trinajstić information content (AvgIpc) is 2.51. The van der Waals surface area contributed by atoms with Crippen LogP contribution in [0.3, 0.4) is 0 Å². The van der Waals surface area contributed by atoms with E-state index in [1.807, 2.05) is 12.4 Å². The summed E-state index contributed by atoms with van der Waals surface area (Å²) in [5.74, 6) is 0. The number of rotatable bonds is 6. The molecule has 1 saturated heterocycles. The average molecular weight is 276 g/mol. The van der Waals surface area contributed by atoms with Crippen molar-refractivity contribution in [3.8, 4) is 0 Å². The lowest BCUT2D eigenvalue weighted by atomic mass is 10.0. The number of pyridine rings is 1. The van der Waals surface area contributed by atoms with Crippen LogP contribution in [0.4, 0.5) is 0 Å². The van der Waals surface area contributed by atoms with E-state index >= 15 is 0 Å². The first-order chi connectivity index (χ1) is 9.76. The zero-order chi connectivity index (χ0) is 14.4. The summed E-state index contributed by atoms with van der Waals surface area (Å²) in [5.41, 5.74) is 1.39. The molecule has 0 aromatic carbocycles. The molecule has 0 aliphatic carbocycles. The molecule has 0 bridgehead atoms. The Labute approximate surface area is 123 Å². The molecule has 1 N–H and O–H groups in total. The molecule has 1 aliphatic rings. The van der Waals surface area contributed by atoms with Crippen molar-refractivity contribution in [2.24, 2.45) is 0 Å². The lowest BCUT2D eigenvalue weighted by Crippen LogP contribution is -2.53. The van der Waals surface area contributed by atoms with Gasteiger partial charge in [0.25, 0.3) is 0 Å². The molecule has 112 valence electrons. The summed E-state index contributed by atoms with van der Waals surface area (Å²) >= 11 is 0. The van der Waals surface area contributed by atoms with Gasteiger partial charge >= 0.3 is 0 Å². The van der Waals surface area contributed by atoms with Gasteiger partial charge in [-0.15, -0.1) is 0 Å². The van der Waals surface area contributed by atoms with Crippen LogP contribution in [0.25, 0.3) is 0 Å². The SMILES string of the molecule is CCN(CC)CC(c1ccncc1)N1CCNCC1C. The zero-order valence-electron chi connectivity index (χ0n) is 13.0. The van der Waals surface area contributed by atoms with Gasteiger partial charge in [0.1, 0.15) is 0 Å². The smallest absolute Gasteiger partial charge is 0.0480 e. The first-order valence-electron chi connectivity index (χ1n) is 7.85. The highest BCUT2D eigenvalue weighted by Gasteiger charge is 2.28. The molecule has 0 saturated carbocycles. The van der Waals surface area contributed by atoms with E-state index in [9.17, 15) is 0 Å². The Morgan fingerprint density at radius 3 is 2.65 bits per heavy atom. The van der Waals surface area contributed by atoms with E-state index in [-0.39, 0.29) is 0 Å². The minimum Gasteiger partial charge on any atom is -0.314 e. The Bertz CT molecular complexity index is 377. The quantitative estimate of drug-likeness (QED) is 0.858. The highest BCUT2D eigenvalue weighted by atomic mass is 15.3. The summed E-state index contributed by atoms with van der Waals surface area (Å²) in [7, 11) is 0. The first kappa shape index (κ1) is 15.4. The second-order valence-corrected chi connectivity index (χ2v) is 5.57. The van der Waals surface area contributed by atoms with Crippen molar-refractivity contribution in [1.29, 1.82) is 0 Å². The molecule has 2 heterocycles. The van der Waals surface area contributed by atoms with Crippen molar-refractivity contribution < 1.29 is 0 Å². The summed E-state index contributed by atoms with van der Waals surface area (Å²) < 4.78 is 0. The van der Waals surface area contributed by atoms with E-state index < -0.39 is 0 Å². The maximum absolute atomic E-state index is 4.17. The molecule has 2 unspecified atom stereocenters. The van der Waals surface area contributed by atoms with Gasteiger partial charge in [-0.1, -0.05) is 13.8 Å². The highest BCUT2D eigenvalue weighted by molar-refractivity contribution is 5.16. The third-order valence-corrected chi connectivity index (χ3v) is 4.37. The van der Waals surface area contributed by atoms with Gasteiger partial charge in [0.15, 0.2) is 0 Å². The molecule has 4 nitrogen and oxygen atoms in total. The summed E-state index contributed by atoms with van der Waals surface area (Å²) in [4.78, 5) is 9.32. The number of hydrogen-bond donors (Lipinski definition) is 1. The maximum atomic E-state index is 4.17. The Hall–Kier alpha value is -0.970. The fourth-order valence-electron chi connectivity index (χ4n) is 3.03. The predicted molar refractivity (Wildman–Crippen MR) is 83.8 cm³/mol. The summed E-state index contributed by atoms with van der Waals surface area (Å²) in [6.07, 6.45) is 3.83. The fourth-order valence-corrected chi connectivity index (χ4v) is 3.03. The van der Waals surface area contributed by atoms with Crippen molar-refractivity contribution >= 4 is 0 Å². The highest BCUT2D eigenvalue weighted by Crippen LogP contribution is 2.24. The Morgan fingerprint density at radius 2 is 2.05 bits per heavy atom. The molecule has 0 amide bonds. The fraction of sp³-hybridized carbons (Fsp3) is 0.688. The number of hydrogen-bond acceptors (Lipinski definition) is 4. The Balaban J connectivity index is 2.19. The minimum absolute atomic E-state index is 0.468. The number of aromatic nitrogens is 1. The van der Waals surface area contributed by atoms with Crippen molar-refractivity contribution in [3.05, 3.63) is 30.1 Å². The normalized spacial score (nSPS) is 22.1. The summed E-state index contributed by atoms with van der Waals surface area (Å²) in [6.45, 7) is 13.4. The second-order valence-electron chi connectivity index (χ2n) is 5.57. The lowest BCUT2D eigenvalue weighted by molar-refractivity contribution is 0.0871. The van der Waals surface area contributed by atoms with E-state index in [0.29, 0.717) is 12.1 Å². The van der Waals surface area contributed by atoms with Crippen LogP contribution in [0.2, 0.25) is 0 Å². The van der Waals surface area contributed by atoms with Crippen LogP contribution in [0.15, 0.2) is 24.5 Å². The molecule has 1 fully saturated rings. The van der Waals surface area contributed by atoms with Crippen LogP contribution >= 0.6 is 0 Å². The van der Waals surface area contributed by atoms with Gasteiger partial charge in [0, 0.05) is 50.7 Å². The molecular weight excluding hydrogens is 248 g/mol.